The summed E-state index contributed by atoms with van der Waals surface area (Å²) < 4.78 is 0. The van der Waals surface area contributed by atoms with E-state index in [2.05, 4.69) is 6.92 Å². The zero-order valence-electron chi connectivity index (χ0n) is 7.21. The van der Waals surface area contributed by atoms with Crippen LogP contribution in [0.25, 0.3) is 0 Å². The van der Waals surface area contributed by atoms with Gasteiger partial charge in [-0.2, -0.15) is 0 Å². The first-order valence-electron chi connectivity index (χ1n) is 4.12. The van der Waals surface area contributed by atoms with E-state index in [1.54, 1.807) is 0 Å². The van der Waals surface area contributed by atoms with Crippen molar-refractivity contribution in [2.24, 2.45) is 11.7 Å². The smallest absolute Gasteiger partial charge is 0.222 e. The summed E-state index contributed by atoms with van der Waals surface area (Å²) in [5, 5.41) is 0. The fourth-order valence-corrected chi connectivity index (χ4v) is 1.65. The van der Waals surface area contributed by atoms with Gasteiger partial charge in [0.25, 0.3) is 0 Å². The van der Waals surface area contributed by atoms with Gasteiger partial charge in [-0.05, 0) is 18.9 Å². The maximum absolute atomic E-state index is 11.1. The standard InChI is InChI=1S/C8H16N2O/c1-6(5-9)7-3-4-8(11)10(7)2/h6-7H,3-5,9H2,1-2H3. The average molecular weight is 156 g/mol. The second-order valence-electron chi connectivity index (χ2n) is 3.32. The Balaban J connectivity index is 2.54. The fourth-order valence-electron chi connectivity index (χ4n) is 1.65. The normalized spacial score (nSPS) is 27.7. The lowest BCUT2D eigenvalue weighted by Gasteiger charge is -2.24. The van der Waals surface area contributed by atoms with E-state index in [1.165, 1.54) is 0 Å². The van der Waals surface area contributed by atoms with Crippen LogP contribution in [0.4, 0.5) is 0 Å². The predicted molar refractivity (Wildman–Crippen MR) is 44.0 cm³/mol. The van der Waals surface area contributed by atoms with Crippen LogP contribution in [0.3, 0.4) is 0 Å². The van der Waals surface area contributed by atoms with Gasteiger partial charge in [0.2, 0.25) is 5.91 Å². The highest BCUT2D eigenvalue weighted by atomic mass is 16.2. The molecule has 2 unspecified atom stereocenters. The Labute approximate surface area is 67.5 Å². The number of carbonyl (C=O) groups is 1. The summed E-state index contributed by atoms with van der Waals surface area (Å²) in [5.41, 5.74) is 5.52. The van der Waals surface area contributed by atoms with Crippen molar-refractivity contribution < 1.29 is 4.79 Å². The quantitative estimate of drug-likeness (QED) is 0.621. The highest BCUT2D eigenvalue weighted by Gasteiger charge is 2.30. The van der Waals surface area contributed by atoms with Crippen LogP contribution < -0.4 is 5.73 Å². The Morgan fingerprint density at radius 3 is 2.82 bits per heavy atom. The van der Waals surface area contributed by atoms with Crippen molar-refractivity contribution in [3.63, 3.8) is 0 Å². The van der Waals surface area contributed by atoms with E-state index in [0.29, 0.717) is 24.9 Å². The minimum absolute atomic E-state index is 0.260. The number of hydrogen-bond acceptors (Lipinski definition) is 2. The molecule has 0 aromatic rings. The van der Waals surface area contributed by atoms with Crippen LogP contribution in [0.1, 0.15) is 19.8 Å². The first-order valence-corrected chi connectivity index (χ1v) is 4.12. The summed E-state index contributed by atoms with van der Waals surface area (Å²) in [7, 11) is 1.87. The van der Waals surface area contributed by atoms with E-state index in [1.807, 2.05) is 11.9 Å². The lowest BCUT2D eigenvalue weighted by Crippen LogP contribution is -2.36. The van der Waals surface area contributed by atoms with Gasteiger partial charge in [0, 0.05) is 19.5 Å². The zero-order valence-corrected chi connectivity index (χ0v) is 7.21. The Hall–Kier alpha value is -0.570. The number of nitrogens with two attached hydrogens (primary N) is 1. The summed E-state index contributed by atoms with van der Waals surface area (Å²) >= 11 is 0. The van der Waals surface area contributed by atoms with Crippen molar-refractivity contribution in [2.75, 3.05) is 13.6 Å². The third-order valence-electron chi connectivity index (χ3n) is 2.57. The van der Waals surface area contributed by atoms with Gasteiger partial charge >= 0.3 is 0 Å². The second kappa shape index (κ2) is 3.22. The molecule has 1 aliphatic heterocycles. The maximum Gasteiger partial charge on any atom is 0.222 e. The maximum atomic E-state index is 11.1. The summed E-state index contributed by atoms with van der Waals surface area (Å²) in [6, 6.07) is 0.382. The molecule has 2 atom stereocenters. The molecule has 0 spiro atoms. The number of likely N-dealkylation sites (tertiary alicyclic amines) is 1. The second-order valence-corrected chi connectivity index (χ2v) is 3.32. The molecule has 0 aromatic carbocycles. The van der Waals surface area contributed by atoms with Crippen LogP contribution in [-0.2, 0) is 4.79 Å². The zero-order chi connectivity index (χ0) is 8.43. The molecule has 0 aliphatic carbocycles. The Morgan fingerprint density at radius 2 is 2.45 bits per heavy atom. The molecule has 0 aromatic heterocycles. The molecule has 0 saturated carbocycles. The van der Waals surface area contributed by atoms with Crippen LogP contribution in [-0.4, -0.2) is 30.4 Å². The molecule has 3 heteroatoms. The first kappa shape index (κ1) is 8.53. The minimum Gasteiger partial charge on any atom is -0.342 e. The lowest BCUT2D eigenvalue weighted by molar-refractivity contribution is -0.128. The molecular formula is C8H16N2O. The van der Waals surface area contributed by atoms with Gasteiger partial charge in [0.15, 0.2) is 0 Å². The highest BCUT2D eigenvalue weighted by molar-refractivity contribution is 5.78. The number of hydrogen-bond donors (Lipinski definition) is 1. The molecule has 1 fully saturated rings. The summed E-state index contributed by atoms with van der Waals surface area (Å²) in [4.78, 5) is 12.9. The highest BCUT2D eigenvalue weighted by Crippen LogP contribution is 2.22. The lowest BCUT2D eigenvalue weighted by atomic mass is 10.0. The number of amides is 1. The van der Waals surface area contributed by atoms with Gasteiger partial charge in [-0.25, -0.2) is 0 Å². The van der Waals surface area contributed by atoms with E-state index in [9.17, 15) is 4.79 Å². The number of nitrogens with zero attached hydrogens (tertiary/aromatic N) is 1. The Morgan fingerprint density at radius 1 is 1.82 bits per heavy atom. The van der Waals surface area contributed by atoms with Crippen molar-refractivity contribution in [3.05, 3.63) is 0 Å². The monoisotopic (exact) mass is 156 g/mol. The molecule has 1 aliphatic rings. The van der Waals surface area contributed by atoms with E-state index in [-0.39, 0.29) is 5.91 Å². The van der Waals surface area contributed by atoms with Gasteiger partial charge in [-0.15, -0.1) is 0 Å². The first-order chi connectivity index (χ1) is 5.16. The van der Waals surface area contributed by atoms with Crippen molar-refractivity contribution in [1.82, 2.24) is 4.90 Å². The van der Waals surface area contributed by atoms with Crippen LogP contribution in [0.2, 0.25) is 0 Å². The van der Waals surface area contributed by atoms with Crippen molar-refractivity contribution >= 4 is 5.91 Å². The van der Waals surface area contributed by atoms with Crippen molar-refractivity contribution in [3.8, 4) is 0 Å². The Bertz CT molecular complexity index is 158. The van der Waals surface area contributed by atoms with Crippen LogP contribution in [0.5, 0.6) is 0 Å². The van der Waals surface area contributed by atoms with E-state index < -0.39 is 0 Å². The molecule has 1 heterocycles. The summed E-state index contributed by atoms with van der Waals surface area (Å²) in [5.74, 6) is 0.696. The van der Waals surface area contributed by atoms with Gasteiger partial charge in [0.05, 0.1) is 0 Å². The number of carbonyl (C=O) groups excluding carboxylic acids is 1. The largest absolute Gasteiger partial charge is 0.342 e. The third-order valence-corrected chi connectivity index (χ3v) is 2.57. The molecular weight excluding hydrogens is 140 g/mol. The molecule has 1 rings (SSSR count). The molecule has 0 radical (unpaired) electrons. The molecule has 1 saturated heterocycles. The predicted octanol–water partition coefficient (Wildman–Crippen LogP) is 0.202. The molecule has 64 valence electrons. The summed E-state index contributed by atoms with van der Waals surface area (Å²) in [6.07, 6.45) is 1.68. The number of rotatable bonds is 2. The van der Waals surface area contributed by atoms with E-state index in [4.69, 9.17) is 5.73 Å². The van der Waals surface area contributed by atoms with Crippen LogP contribution >= 0.6 is 0 Å². The van der Waals surface area contributed by atoms with E-state index in [0.717, 1.165) is 6.42 Å². The average Bonchev–Trinajstić information content (AvgIpc) is 2.32. The molecule has 0 bridgehead atoms. The minimum atomic E-state index is 0.260. The summed E-state index contributed by atoms with van der Waals surface area (Å²) in [6.45, 7) is 2.77. The molecule has 11 heavy (non-hydrogen) atoms. The van der Waals surface area contributed by atoms with Gasteiger partial charge < -0.3 is 10.6 Å². The van der Waals surface area contributed by atoms with Gasteiger partial charge in [-0.3, -0.25) is 4.79 Å². The fraction of sp³-hybridized carbons (Fsp3) is 0.875. The topological polar surface area (TPSA) is 46.3 Å². The van der Waals surface area contributed by atoms with E-state index >= 15 is 0 Å². The Kier molecular flexibility index (Phi) is 2.49. The molecule has 1 amide bonds. The molecule has 2 N–H and O–H groups in total. The van der Waals surface area contributed by atoms with Crippen molar-refractivity contribution in [2.45, 2.75) is 25.8 Å². The van der Waals surface area contributed by atoms with Crippen LogP contribution in [0, 0.1) is 5.92 Å². The van der Waals surface area contributed by atoms with Gasteiger partial charge in [-0.1, -0.05) is 6.92 Å². The SMILES string of the molecule is CC(CN)C1CCC(=O)N1C. The van der Waals surface area contributed by atoms with Crippen molar-refractivity contribution in [1.29, 1.82) is 0 Å². The molecule has 3 nitrogen and oxygen atoms in total. The van der Waals surface area contributed by atoms with Crippen LogP contribution in [0.15, 0.2) is 0 Å². The third kappa shape index (κ3) is 1.53. The van der Waals surface area contributed by atoms with Gasteiger partial charge in [0.1, 0.15) is 0 Å².